The van der Waals surface area contributed by atoms with Crippen LogP contribution in [0, 0.1) is 0 Å². The third kappa shape index (κ3) is 5.08. The molecule has 10 heteroatoms. The Hall–Kier alpha value is 0.231. The van der Waals surface area contributed by atoms with Crippen molar-refractivity contribution in [2.75, 3.05) is 0 Å². The third-order valence-corrected chi connectivity index (χ3v) is 1.74. The second-order valence-corrected chi connectivity index (χ2v) is 3.11. The van der Waals surface area contributed by atoms with Crippen LogP contribution in [-0.4, -0.2) is 19.5 Å². The number of halogens is 7. The van der Waals surface area contributed by atoms with Crippen molar-refractivity contribution in [2.24, 2.45) is 0 Å². The molecule has 0 fully saturated rings. The molecule has 1 rings (SSSR count). The van der Waals surface area contributed by atoms with Gasteiger partial charge in [-0.15, -0.1) is 5.46 Å². The summed E-state index contributed by atoms with van der Waals surface area (Å²) in [6.07, 6.45) is -8.94. The minimum Gasteiger partial charge on any atom is -0.445 e. The van der Waals surface area contributed by atoms with Crippen LogP contribution in [0.4, 0.5) is 30.5 Å². The summed E-state index contributed by atoms with van der Waals surface area (Å²) in [6.45, 7) is -5.40. The van der Waals surface area contributed by atoms with E-state index in [1.807, 2.05) is 0 Å². The summed E-state index contributed by atoms with van der Waals surface area (Å²) in [7, 11) is 0. The summed E-state index contributed by atoms with van der Waals surface area (Å²) in [5.74, 6) is -0.966. The van der Waals surface area contributed by atoms with Crippen LogP contribution in [0.1, 0.15) is 0 Å². The first-order valence-corrected chi connectivity index (χ1v) is 4.28. The molecule has 0 spiro atoms. The van der Waals surface area contributed by atoms with Gasteiger partial charge in [0.15, 0.2) is 0 Å². The SMILES string of the molecule is FC(F)C(F)(F)Oc1cccc([B-](F)(F)F)c1.[K+]. The summed E-state index contributed by atoms with van der Waals surface area (Å²) >= 11 is 0. The van der Waals surface area contributed by atoms with Crippen LogP contribution in [0.5, 0.6) is 5.75 Å². The Kier molecular flexibility index (Phi) is 6.68. The molecule has 0 aromatic heterocycles. The van der Waals surface area contributed by atoms with Crippen molar-refractivity contribution in [3.05, 3.63) is 24.3 Å². The minimum absolute atomic E-state index is 0. The molecule has 0 aliphatic carbocycles. The third-order valence-electron chi connectivity index (χ3n) is 1.74. The second kappa shape index (κ2) is 6.60. The zero-order chi connectivity index (χ0) is 13.3. The van der Waals surface area contributed by atoms with E-state index in [1.54, 1.807) is 0 Å². The van der Waals surface area contributed by atoms with E-state index in [0.29, 0.717) is 6.07 Å². The molecule has 0 radical (unpaired) electrons. The zero-order valence-corrected chi connectivity index (χ0v) is 12.1. The van der Waals surface area contributed by atoms with Gasteiger partial charge in [0.05, 0.1) is 0 Å². The van der Waals surface area contributed by atoms with Gasteiger partial charge in [-0.25, -0.2) is 0 Å². The Labute approximate surface area is 140 Å². The Morgan fingerprint density at radius 1 is 1.11 bits per heavy atom. The molecule has 1 aromatic carbocycles. The molecule has 96 valence electrons. The predicted molar refractivity (Wildman–Crippen MR) is 46.7 cm³/mol. The van der Waals surface area contributed by atoms with Crippen LogP contribution in [0.25, 0.3) is 0 Å². The smallest absolute Gasteiger partial charge is 0.445 e. The summed E-state index contributed by atoms with van der Waals surface area (Å²) in [5.41, 5.74) is -1.20. The van der Waals surface area contributed by atoms with E-state index >= 15 is 0 Å². The average molecular weight is 300 g/mol. The summed E-state index contributed by atoms with van der Waals surface area (Å²) < 4.78 is 88.5. The van der Waals surface area contributed by atoms with Crippen LogP contribution in [0.2, 0.25) is 0 Å². The number of alkyl halides is 4. The number of hydrogen-bond acceptors (Lipinski definition) is 1. The predicted octanol–water partition coefficient (Wildman–Crippen LogP) is -0.0183. The Morgan fingerprint density at radius 2 is 1.67 bits per heavy atom. The summed E-state index contributed by atoms with van der Waals surface area (Å²) in [4.78, 5) is 0. The van der Waals surface area contributed by atoms with Gasteiger partial charge < -0.3 is 17.7 Å². The van der Waals surface area contributed by atoms with E-state index in [1.165, 1.54) is 0 Å². The molecule has 0 unspecified atom stereocenters. The molecule has 1 aromatic rings. The molecule has 1 nitrogen and oxygen atoms in total. The fourth-order valence-corrected chi connectivity index (χ4v) is 0.983. The van der Waals surface area contributed by atoms with Gasteiger partial charge in [-0.1, -0.05) is 12.1 Å². The molecule has 0 atom stereocenters. The van der Waals surface area contributed by atoms with E-state index in [4.69, 9.17) is 0 Å². The average Bonchev–Trinajstić information content (AvgIpc) is 2.15. The molecule has 18 heavy (non-hydrogen) atoms. The monoisotopic (exact) mass is 300 g/mol. The van der Waals surface area contributed by atoms with Crippen molar-refractivity contribution in [3.63, 3.8) is 0 Å². The van der Waals surface area contributed by atoms with Gasteiger partial charge in [0.2, 0.25) is 0 Å². The molecular formula is C8H5BF7KO. The van der Waals surface area contributed by atoms with Gasteiger partial charge in [-0.2, -0.15) is 17.6 Å². The summed E-state index contributed by atoms with van der Waals surface area (Å²) in [5, 5.41) is 0. The fourth-order valence-electron chi connectivity index (χ4n) is 0.983. The van der Waals surface area contributed by atoms with Crippen LogP contribution in [0.3, 0.4) is 0 Å². The molecule has 0 heterocycles. The molecule has 0 saturated heterocycles. The zero-order valence-electron chi connectivity index (χ0n) is 9.02. The summed E-state index contributed by atoms with van der Waals surface area (Å²) in [6, 6.07) is 2.41. The second-order valence-electron chi connectivity index (χ2n) is 3.11. The van der Waals surface area contributed by atoms with Gasteiger partial charge in [0.1, 0.15) is 5.75 Å². The van der Waals surface area contributed by atoms with Crippen molar-refractivity contribution in [2.45, 2.75) is 12.5 Å². The molecule has 0 N–H and O–H groups in total. The largest absolute Gasteiger partial charge is 1.00 e. The topological polar surface area (TPSA) is 9.23 Å². The van der Waals surface area contributed by atoms with E-state index < -0.39 is 30.7 Å². The number of rotatable bonds is 4. The van der Waals surface area contributed by atoms with Crippen LogP contribution in [0.15, 0.2) is 24.3 Å². The van der Waals surface area contributed by atoms with Crippen molar-refractivity contribution < 1.29 is 86.6 Å². The molecular weight excluding hydrogens is 295 g/mol. The van der Waals surface area contributed by atoms with Gasteiger partial charge in [-0.3, -0.25) is 0 Å². The van der Waals surface area contributed by atoms with E-state index in [0.717, 1.165) is 12.1 Å². The quantitative estimate of drug-likeness (QED) is 0.561. The first-order chi connectivity index (χ1) is 7.63. The van der Waals surface area contributed by atoms with Crippen molar-refractivity contribution in [3.8, 4) is 5.75 Å². The molecule has 0 amide bonds. The Morgan fingerprint density at radius 3 is 2.11 bits per heavy atom. The first-order valence-electron chi connectivity index (χ1n) is 4.28. The minimum atomic E-state index is -5.40. The van der Waals surface area contributed by atoms with Crippen LogP contribution in [-0.2, 0) is 0 Å². The number of benzene rings is 1. The molecule has 0 aliphatic rings. The maximum atomic E-state index is 12.4. The van der Waals surface area contributed by atoms with Gasteiger partial charge in [-0.05, 0) is 12.1 Å². The molecule has 0 aliphatic heterocycles. The van der Waals surface area contributed by atoms with Gasteiger partial charge in [0.25, 0.3) is 0 Å². The van der Waals surface area contributed by atoms with E-state index in [2.05, 4.69) is 4.74 Å². The van der Waals surface area contributed by atoms with Crippen LogP contribution >= 0.6 is 0 Å². The maximum Gasteiger partial charge on any atom is 1.00 e. The molecule has 0 saturated carbocycles. The van der Waals surface area contributed by atoms with Crippen molar-refractivity contribution in [1.82, 2.24) is 0 Å². The van der Waals surface area contributed by atoms with E-state index in [-0.39, 0.29) is 57.5 Å². The maximum absolute atomic E-state index is 12.4. The first kappa shape index (κ1) is 18.2. The molecule has 0 bridgehead atoms. The van der Waals surface area contributed by atoms with Crippen molar-refractivity contribution >= 4 is 12.4 Å². The number of hydrogen-bond donors (Lipinski definition) is 0. The van der Waals surface area contributed by atoms with Crippen LogP contribution < -0.4 is 61.6 Å². The fraction of sp³-hybridized carbons (Fsp3) is 0.250. The van der Waals surface area contributed by atoms with E-state index in [9.17, 15) is 30.5 Å². The number of ether oxygens (including phenoxy) is 1. The van der Waals surface area contributed by atoms with Gasteiger partial charge >= 0.3 is 70.9 Å². The normalized spacial score (nSPS) is 12.2. The Bertz CT molecular complexity index is 395. The van der Waals surface area contributed by atoms with Gasteiger partial charge in [0, 0.05) is 0 Å². The van der Waals surface area contributed by atoms with Crippen molar-refractivity contribution in [1.29, 1.82) is 0 Å². The Balaban J connectivity index is 0.00000289. The standard InChI is InChI=1S/C8H5BF7O.K/c10-7(11)8(12,13)17-6-3-1-2-5(4-6)9(14,15)16;/h1-4,7H;/q-1;+1.